The zero-order valence-electron chi connectivity index (χ0n) is 16.8. The van der Waals surface area contributed by atoms with Crippen molar-refractivity contribution in [3.05, 3.63) is 81.7 Å². The van der Waals surface area contributed by atoms with Crippen molar-refractivity contribution in [2.45, 2.75) is 32.9 Å². The van der Waals surface area contributed by atoms with Gasteiger partial charge < -0.3 is 4.90 Å². The van der Waals surface area contributed by atoms with Gasteiger partial charge in [0.05, 0.1) is 11.7 Å². The number of anilines is 1. The highest BCUT2D eigenvalue weighted by atomic mass is 32.1. The van der Waals surface area contributed by atoms with E-state index in [0.29, 0.717) is 10.2 Å². The Morgan fingerprint density at radius 2 is 1.87 bits per heavy atom. The fourth-order valence-corrected chi connectivity index (χ4v) is 5.37. The molecule has 150 valence electrons. The molecule has 4 aromatic rings. The monoisotopic (exact) mass is 415 g/mol. The van der Waals surface area contributed by atoms with Crippen molar-refractivity contribution in [2.75, 3.05) is 4.90 Å². The zero-order chi connectivity index (χ0) is 20.8. The van der Waals surface area contributed by atoms with Crippen molar-refractivity contribution in [3.8, 4) is 11.1 Å². The first-order valence-electron chi connectivity index (χ1n) is 9.98. The predicted molar refractivity (Wildman–Crippen MR) is 121 cm³/mol. The second kappa shape index (κ2) is 7.22. The second-order valence-electron chi connectivity index (χ2n) is 7.70. The third-order valence-corrected chi connectivity index (χ3v) is 6.71. The van der Waals surface area contributed by atoms with E-state index in [1.807, 2.05) is 67.3 Å². The Bertz CT molecular complexity index is 1320. The Kier molecular flexibility index (Phi) is 4.51. The molecule has 1 aliphatic rings. The molecule has 5 rings (SSSR count). The molecule has 2 aromatic heterocycles. The van der Waals surface area contributed by atoms with Gasteiger partial charge >= 0.3 is 0 Å². The number of rotatable bonds is 3. The summed E-state index contributed by atoms with van der Waals surface area (Å²) in [6, 6.07) is 17.9. The minimum absolute atomic E-state index is 0.0242. The molecule has 0 radical (unpaired) electrons. The molecule has 0 fully saturated rings. The molecule has 0 aliphatic carbocycles. The quantitative estimate of drug-likeness (QED) is 0.498. The largest absolute Gasteiger partial charge is 0.307 e. The van der Waals surface area contributed by atoms with E-state index in [-0.39, 0.29) is 24.1 Å². The summed E-state index contributed by atoms with van der Waals surface area (Å²) < 4.78 is 1.44. The average Bonchev–Trinajstić information content (AvgIpc) is 3.26. The van der Waals surface area contributed by atoms with Gasteiger partial charge in [-0.3, -0.25) is 14.2 Å². The highest BCUT2D eigenvalue weighted by Crippen LogP contribution is 2.35. The van der Waals surface area contributed by atoms with Crippen molar-refractivity contribution in [3.63, 3.8) is 0 Å². The molecule has 2 aromatic carbocycles. The van der Waals surface area contributed by atoms with Crippen LogP contribution in [0.25, 0.3) is 21.3 Å². The number of fused-ring (bicyclic) bond motifs is 2. The topological polar surface area (TPSA) is 55.2 Å². The van der Waals surface area contributed by atoms with Crippen LogP contribution in [-0.4, -0.2) is 21.5 Å². The van der Waals surface area contributed by atoms with Gasteiger partial charge in [0, 0.05) is 22.2 Å². The number of thiophene rings is 1. The zero-order valence-corrected chi connectivity index (χ0v) is 17.6. The van der Waals surface area contributed by atoms with Crippen LogP contribution in [-0.2, 0) is 17.8 Å². The van der Waals surface area contributed by atoms with E-state index in [9.17, 15) is 9.59 Å². The summed E-state index contributed by atoms with van der Waals surface area (Å²) in [5.41, 5.74) is 3.84. The number of aryl methyl sites for hydroxylation is 1. The summed E-state index contributed by atoms with van der Waals surface area (Å²) in [6.45, 7) is 4.02. The van der Waals surface area contributed by atoms with Crippen molar-refractivity contribution in [2.24, 2.45) is 0 Å². The third kappa shape index (κ3) is 2.95. The maximum atomic E-state index is 13.4. The average molecular weight is 416 g/mol. The van der Waals surface area contributed by atoms with Crippen molar-refractivity contribution < 1.29 is 4.79 Å². The molecular weight excluding hydrogens is 394 g/mol. The molecule has 0 saturated carbocycles. The minimum Gasteiger partial charge on any atom is -0.307 e. The van der Waals surface area contributed by atoms with Gasteiger partial charge in [-0.1, -0.05) is 48.5 Å². The van der Waals surface area contributed by atoms with E-state index in [4.69, 9.17) is 0 Å². The molecular formula is C24H21N3O2S. The molecule has 5 nitrogen and oxygen atoms in total. The van der Waals surface area contributed by atoms with Crippen molar-refractivity contribution in [1.82, 2.24) is 9.55 Å². The van der Waals surface area contributed by atoms with Crippen LogP contribution in [0.4, 0.5) is 5.69 Å². The molecule has 30 heavy (non-hydrogen) atoms. The van der Waals surface area contributed by atoms with Gasteiger partial charge in [0.15, 0.2) is 0 Å². The predicted octanol–water partition coefficient (Wildman–Crippen LogP) is 4.41. The number of carbonyl (C=O) groups excluding carboxylic acids is 1. The highest BCUT2D eigenvalue weighted by molar-refractivity contribution is 7.19. The lowest BCUT2D eigenvalue weighted by atomic mass is 10.0. The molecule has 1 unspecified atom stereocenters. The summed E-state index contributed by atoms with van der Waals surface area (Å²) in [5.74, 6) is -0.0936. The maximum Gasteiger partial charge on any atom is 0.263 e. The lowest BCUT2D eigenvalue weighted by Gasteiger charge is -2.23. The number of nitrogens with zero attached hydrogens (tertiary/aromatic N) is 3. The molecule has 0 saturated heterocycles. The van der Waals surface area contributed by atoms with Gasteiger partial charge in [0.1, 0.15) is 11.4 Å². The van der Waals surface area contributed by atoms with Gasteiger partial charge in [-0.15, -0.1) is 11.3 Å². The van der Waals surface area contributed by atoms with Crippen LogP contribution in [0.3, 0.4) is 0 Å². The van der Waals surface area contributed by atoms with Gasteiger partial charge in [-0.2, -0.15) is 0 Å². The lowest BCUT2D eigenvalue weighted by molar-refractivity contribution is -0.119. The number of hydrogen-bond donors (Lipinski definition) is 0. The minimum atomic E-state index is -0.170. The molecule has 0 spiro atoms. The smallest absolute Gasteiger partial charge is 0.263 e. The van der Waals surface area contributed by atoms with Crippen LogP contribution in [0.5, 0.6) is 0 Å². The molecule has 3 heterocycles. The van der Waals surface area contributed by atoms with Crippen LogP contribution in [0.2, 0.25) is 0 Å². The molecule has 0 bridgehead atoms. The highest BCUT2D eigenvalue weighted by Gasteiger charge is 2.31. The number of amides is 1. The van der Waals surface area contributed by atoms with E-state index in [1.165, 1.54) is 27.8 Å². The van der Waals surface area contributed by atoms with E-state index >= 15 is 0 Å². The van der Waals surface area contributed by atoms with Gasteiger partial charge in [0.2, 0.25) is 5.91 Å². The standard InChI is InChI=1S/C24H21N3O2S/c1-15-12-18-10-6-7-11-19(18)27(15)20(28)13-26-14-25-23-22(24(26)29)21(16(2)30-23)17-8-4-3-5-9-17/h3-11,14-15H,12-13H2,1-2H3. The third-order valence-electron chi connectivity index (χ3n) is 5.70. The summed E-state index contributed by atoms with van der Waals surface area (Å²) in [5, 5.41) is 0.592. The summed E-state index contributed by atoms with van der Waals surface area (Å²) in [6.07, 6.45) is 2.33. The molecule has 6 heteroatoms. The number of aromatic nitrogens is 2. The Balaban J connectivity index is 1.56. The Labute approximate surface area is 178 Å². The van der Waals surface area contributed by atoms with E-state index < -0.39 is 0 Å². The fourth-order valence-electron chi connectivity index (χ4n) is 4.37. The number of para-hydroxylation sites is 1. The normalized spacial score (nSPS) is 15.5. The van der Waals surface area contributed by atoms with Crippen molar-refractivity contribution in [1.29, 1.82) is 0 Å². The summed E-state index contributed by atoms with van der Waals surface area (Å²) in [4.78, 5) is 34.6. The first kappa shape index (κ1) is 18.8. The Morgan fingerprint density at radius 3 is 2.67 bits per heavy atom. The maximum absolute atomic E-state index is 13.4. The summed E-state index contributed by atoms with van der Waals surface area (Å²) in [7, 11) is 0. The van der Waals surface area contributed by atoms with Crippen LogP contribution in [0.1, 0.15) is 17.4 Å². The molecule has 1 amide bonds. The van der Waals surface area contributed by atoms with Crippen LogP contribution < -0.4 is 10.5 Å². The van der Waals surface area contributed by atoms with Gasteiger partial charge in [-0.25, -0.2) is 4.98 Å². The van der Waals surface area contributed by atoms with E-state index in [0.717, 1.165) is 28.1 Å². The van der Waals surface area contributed by atoms with Gasteiger partial charge in [0.25, 0.3) is 5.56 Å². The molecule has 0 N–H and O–H groups in total. The molecule has 1 aliphatic heterocycles. The van der Waals surface area contributed by atoms with Crippen molar-refractivity contribution >= 4 is 33.1 Å². The summed E-state index contributed by atoms with van der Waals surface area (Å²) >= 11 is 1.51. The van der Waals surface area contributed by atoms with Crippen LogP contribution >= 0.6 is 11.3 Å². The number of carbonyl (C=O) groups is 1. The fraction of sp³-hybridized carbons (Fsp3) is 0.208. The Hall–Kier alpha value is -3.25. The van der Waals surface area contributed by atoms with E-state index in [2.05, 4.69) is 11.1 Å². The molecule has 1 atom stereocenters. The van der Waals surface area contributed by atoms with Crippen LogP contribution in [0, 0.1) is 6.92 Å². The second-order valence-corrected chi connectivity index (χ2v) is 8.91. The van der Waals surface area contributed by atoms with Crippen LogP contribution in [0.15, 0.2) is 65.7 Å². The SMILES string of the molecule is Cc1sc2ncn(CC(=O)N3c4ccccc4CC3C)c(=O)c2c1-c1ccccc1. The van der Waals surface area contributed by atoms with Gasteiger partial charge in [-0.05, 0) is 37.5 Å². The number of hydrogen-bond acceptors (Lipinski definition) is 4. The van der Waals surface area contributed by atoms with E-state index in [1.54, 1.807) is 0 Å². The first-order valence-corrected chi connectivity index (χ1v) is 10.8. The number of benzene rings is 2. The lowest BCUT2D eigenvalue weighted by Crippen LogP contribution is -2.40. The Morgan fingerprint density at radius 1 is 1.13 bits per heavy atom. The first-order chi connectivity index (χ1) is 14.5.